The van der Waals surface area contributed by atoms with Crippen molar-refractivity contribution in [3.63, 3.8) is 0 Å². The Morgan fingerprint density at radius 1 is 0.933 bits per heavy atom. The standard InChI is InChI=1S/C22H21FN2O4S/c1-16-2-8-19(9-3-16)25-30(27,28)21-12-4-17(5-13-21)22(26)24-14-15-29-20-10-6-18(23)7-11-20/h2-13,25H,14-15H2,1H3,(H,24,26). The summed E-state index contributed by atoms with van der Waals surface area (Å²) in [5.74, 6) is -0.204. The van der Waals surface area contributed by atoms with Gasteiger partial charge in [0.05, 0.1) is 11.4 Å². The van der Waals surface area contributed by atoms with E-state index in [0.29, 0.717) is 17.0 Å². The number of ether oxygens (including phenoxy) is 1. The summed E-state index contributed by atoms with van der Waals surface area (Å²) in [6, 6.07) is 18.2. The number of carbonyl (C=O) groups is 1. The number of nitrogens with one attached hydrogen (secondary N) is 2. The largest absolute Gasteiger partial charge is 0.492 e. The molecule has 0 aromatic heterocycles. The van der Waals surface area contributed by atoms with E-state index in [0.717, 1.165) is 5.56 Å². The van der Waals surface area contributed by atoms with Crippen LogP contribution in [0.1, 0.15) is 15.9 Å². The lowest BCUT2D eigenvalue weighted by Crippen LogP contribution is -2.28. The molecule has 0 bridgehead atoms. The Labute approximate surface area is 174 Å². The van der Waals surface area contributed by atoms with Crippen molar-refractivity contribution >= 4 is 21.6 Å². The number of halogens is 1. The molecule has 3 aromatic rings. The zero-order valence-corrected chi connectivity index (χ0v) is 17.1. The average molecular weight is 428 g/mol. The Morgan fingerprint density at radius 2 is 1.57 bits per heavy atom. The molecule has 3 aromatic carbocycles. The summed E-state index contributed by atoms with van der Waals surface area (Å²) in [5.41, 5.74) is 1.81. The first kappa shape index (κ1) is 21.3. The van der Waals surface area contributed by atoms with Gasteiger partial charge in [-0.05, 0) is 67.6 Å². The highest BCUT2D eigenvalue weighted by Crippen LogP contribution is 2.17. The SMILES string of the molecule is Cc1ccc(NS(=O)(=O)c2ccc(C(=O)NCCOc3ccc(F)cc3)cc2)cc1. The maximum Gasteiger partial charge on any atom is 0.261 e. The van der Waals surface area contributed by atoms with E-state index in [4.69, 9.17) is 4.74 Å². The molecule has 0 heterocycles. The molecule has 2 N–H and O–H groups in total. The molecule has 0 aliphatic carbocycles. The minimum absolute atomic E-state index is 0.0549. The number of hydrogen-bond donors (Lipinski definition) is 2. The average Bonchev–Trinajstić information content (AvgIpc) is 2.74. The van der Waals surface area contributed by atoms with Crippen molar-refractivity contribution in [1.29, 1.82) is 0 Å². The molecule has 0 aliphatic heterocycles. The van der Waals surface area contributed by atoms with Crippen molar-refractivity contribution in [3.05, 3.63) is 89.7 Å². The van der Waals surface area contributed by atoms with Gasteiger partial charge in [0.25, 0.3) is 15.9 Å². The number of anilines is 1. The van der Waals surface area contributed by atoms with E-state index in [1.807, 2.05) is 19.1 Å². The maximum atomic E-state index is 12.8. The molecule has 0 aliphatic rings. The second kappa shape index (κ2) is 9.41. The third kappa shape index (κ3) is 5.81. The predicted molar refractivity (Wildman–Crippen MR) is 113 cm³/mol. The Hall–Kier alpha value is -3.39. The molecule has 1 amide bonds. The Bertz CT molecular complexity index is 1100. The van der Waals surface area contributed by atoms with Crippen LogP contribution in [-0.2, 0) is 10.0 Å². The molecule has 0 spiro atoms. The topological polar surface area (TPSA) is 84.5 Å². The van der Waals surface area contributed by atoms with Gasteiger partial charge in [0.15, 0.2) is 0 Å². The van der Waals surface area contributed by atoms with Crippen LogP contribution >= 0.6 is 0 Å². The van der Waals surface area contributed by atoms with Crippen molar-refractivity contribution in [2.75, 3.05) is 17.9 Å². The van der Waals surface area contributed by atoms with Crippen LogP contribution in [0.2, 0.25) is 0 Å². The maximum absolute atomic E-state index is 12.8. The van der Waals surface area contributed by atoms with Crippen molar-refractivity contribution in [1.82, 2.24) is 5.32 Å². The minimum atomic E-state index is -3.75. The van der Waals surface area contributed by atoms with Gasteiger partial charge >= 0.3 is 0 Å². The second-order valence-corrected chi connectivity index (χ2v) is 8.24. The van der Waals surface area contributed by atoms with Crippen molar-refractivity contribution in [2.24, 2.45) is 0 Å². The lowest BCUT2D eigenvalue weighted by molar-refractivity contribution is 0.0947. The smallest absolute Gasteiger partial charge is 0.261 e. The first-order valence-electron chi connectivity index (χ1n) is 9.20. The Morgan fingerprint density at radius 3 is 2.20 bits per heavy atom. The molecule has 156 valence electrons. The zero-order chi connectivity index (χ0) is 21.6. The summed E-state index contributed by atoms with van der Waals surface area (Å²) in [7, 11) is -3.75. The lowest BCUT2D eigenvalue weighted by Gasteiger charge is -2.10. The highest BCUT2D eigenvalue weighted by atomic mass is 32.2. The van der Waals surface area contributed by atoms with Gasteiger partial charge in [-0.1, -0.05) is 17.7 Å². The third-order valence-electron chi connectivity index (χ3n) is 4.20. The van der Waals surface area contributed by atoms with Crippen molar-refractivity contribution in [3.8, 4) is 5.75 Å². The molecule has 6 nitrogen and oxygen atoms in total. The van der Waals surface area contributed by atoms with Crippen molar-refractivity contribution < 1.29 is 22.3 Å². The van der Waals surface area contributed by atoms with Crippen LogP contribution in [-0.4, -0.2) is 27.5 Å². The Kier molecular flexibility index (Phi) is 6.68. The third-order valence-corrected chi connectivity index (χ3v) is 5.60. The lowest BCUT2D eigenvalue weighted by atomic mass is 10.2. The Balaban J connectivity index is 1.53. The first-order chi connectivity index (χ1) is 14.3. The number of amides is 1. The van der Waals surface area contributed by atoms with Gasteiger partial charge in [-0.15, -0.1) is 0 Å². The summed E-state index contributed by atoms with van der Waals surface area (Å²) < 4.78 is 45.7. The normalized spacial score (nSPS) is 11.0. The van der Waals surface area contributed by atoms with Crippen LogP contribution in [0.3, 0.4) is 0 Å². The summed E-state index contributed by atoms with van der Waals surface area (Å²) in [6.45, 7) is 2.37. The molecule has 0 radical (unpaired) electrons. The zero-order valence-electron chi connectivity index (χ0n) is 16.3. The summed E-state index contributed by atoms with van der Waals surface area (Å²) in [5, 5.41) is 2.68. The van der Waals surface area contributed by atoms with Crippen LogP contribution in [0.15, 0.2) is 77.7 Å². The molecule has 0 fully saturated rings. The van der Waals surface area contributed by atoms with E-state index in [1.165, 1.54) is 48.5 Å². The number of rotatable bonds is 8. The summed E-state index contributed by atoms with van der Waals surface area (Å²) in [6.07, 6.45) is 0. The number of aryl methyl sites for hydroxylation is 1. The van der Waals surface area contributed by atoms with E-state index in [2.05, 4.69) is 10.0 Å². The van der Waals surface area contributed by atoms with Gasteiger partial charge < -0.3 is 10.1 Å². The molecular formula is C22H21FN2O4S. The fourth-order valence-electron chi connectivity index (χ4n) is 2.59. The fourth-order valence-corrected chi connectivity index (χ4v) is 3.65. The van der Waals surface area contributed by atoms with Crippen LogP contribution in [0, 0.1) is 12.7 Å². The van der Waals surface area contributed by atoms with E-state index in [9.17, 15) is 17.6 Å². The molecule has 0 unspecified atom stereocenters. The first-order valence-corrected chi connectivity index (χ1v) is 10.7. The van der Waals surface area contributed by atoms with Crippen LogP contribution in [0.4, 0.5) is 10.1 Å². The van der Waals surface area contributed by atoms with Crippen LogP contribution < -0.4 is 14.8 Å². The summed E-state index contributed by atoms with van der Waals surface area (Å²) in [4.78, 5) is 12.3. The van der Waals surface area contributed by atoms with Crippen LogP contribution in [0.5, 0.6) is 5.75 Å². The molecule has 30 heavy (non-hydrogen) atoms. The number of benzene rings is 3. The molecular weight excluding hydrogens is 407 g/mol. The molecule has 0 saturated heterocycles. The van der Waals surface area contributed by atoms with E-state index < -0.39 is 10.0 Å². The van der Waals surface area contributed by atoms with E-state index in [-0.39, 0.29) is 29.8 Å². The van der Waals surface area contributed by atoms with Gasteiger partial charge in [-0.25, -0.2) is 12.8 Å². The van der Waals surface area contributed by atoms with Crippen molar-refractivity contribution in [2.45, 2.75) is 11.8 Å². The second-order valence-electron chi connectivity index (χ2n) is 6.55. The number of sulfonamides is 1. The van der Waals surface area contributed by atoms with E-state index >= 15 is 0 Å². The van der Waals surface area contributed by atoms with E-state index in [1.54, 1.807) is 12.1 Å². The van der Waals surface area contributed by atoms with Gasteiger partial charge in [0.1, 0.15) is 18.2 Å². The highest BCUT2D eigenvalue weighted by molar-refractivity contribution is 7.92. The molecule has 0 saturated carbocycles. The monoisotopic (exact) mass is 428 g/mol. The minimum Gasteiger partial charge on any atom is -0.492 e. The van der Waals surface area contributed by atoms with Gasteiger partial charge in [-0.3, -0.25) is 9.52 Å². The molecule has 0 atom stereocenters. The van der Waals surface area contributed by atoms with Gasteiger partial charge in [0, 0.05) is 11.3 Å². The highest BCUT2D eigenvalue weighted by Gasteiger charge is 2.15. The van der Waals surface area contributed by atoms with Crippen LogP contribution in [0.25, 0.3) is 0 Å². The fraction of sp³-hybridized carbons (Fsp3) is 0.136. The quantitative estimate of drug-likeness (QED) is 0.536. The van der Waals surface area contributed by atoms with Gasteiger partial charge in [0.2, 0.25) is 0 Å². The molecule has 3 rings (SSSR count). The van der Waals surface area contributed by atoms with Gasteiger partial charge in [-0.2, -0.15) is 0 Å². The molecule has 8 heteroatoms. The predicted octanol–water partition coefficient (Wildman–Crippen LogP) is 3.74. The summed E-state index contributed by atoms with van der Waals surface area (Å²) >= 11 is 0. The number of carbonyl (C=O) groups excluding carboxylic acids is 1. The number of hydrogen-bond acceptors (Lipinski definition) is 4.